The van der Waals surface area contributed by atoms with Crippen LogP contribution in [0.1, 0.15) is 25.0 Å². The number of nitrogens with zero attached hydrogens (tertiary/aromatic N) is 1. The van der Waals surface area contributed by atoms with E-state index in [2.05, 4.69) is 80.6 Å². The molecule has 0 fully saturated rings. The van der Waals surface area contributed by atoms with Crippen molar-refractivity contribution in [2.24, 2.45) is 0 Å². The molecule has 189 valence electrons. The van der Waals surface area contributed by atoms with Crippen molar-refractivity contribution in [2.75, 3.05) is 0 Å². The zero-order chi connectivity index (χ0) is 25.7. The van der Waals surface area contributed by atoms with E-state index in [9.17, 15) is 4.79 Å². The number of aromatic nitrogens is 1. The fourth-order valence-electron chi connectivity index (χ4n) is 4.13. The molecule has 37 heavy (non-hydrogen) atoms. The Kier molecular flexibility index (Phi) is 9.71. The molecule has 3 aromatic carbocycles. The van der Waals surface area contributed by atoms with Gasteiger partial charge in [0.05, 0.1) is 16.0 Å². The number of allylic oxidation sites excluding steroid dienone is 2. The molecule has 5 aromatic rings. The van der Waals surface area contributed by atoms with Gasteiger partial charge in [-0.25, -0.2) is 0 Å². The predicted molar refractivity (Wildman–Crippen MR) is 151 cm³/mol. The van der Waals surface area contributed by atoms with Crippen molar-refractivity contribution in [3.05, 3.63) is 114 Å². The number of pyridine rings is 1. The van der Waals surface area contributed by atoms with Gasteiger partial charge < -0.3 is 5.11 Å². The maximum absolute atomic E-state index is 10.0. The Labute approximate surface area is 235 Å². The molecule has 0 amide bonds. The van der Waals surface area contributed by atoms with Crippen LogP contribution >= 0.6 is 11.3 Å². The van der Waals surface area contributed by atoms with Gasteiger partial charge in [-0.15, -0.1) is 47.2 Å². The summed E-state index contributed by atoms with van der Waals surface area (Å²) in [6.45, 7) is 7.20. The Morgan fingerprint density at radius 3 is 2.14 bits per heavy atom. The Morgan fingerprint density at radius 2 is 1.57 bits per heavy atom. The van der Waals surface area contributed by atoms with Crippen LogP contribution in [0.2, 0.25) is 0 Å². The van der Waals surface area contributed by atoms with E-state index in [-0.39, 0.29) is 31.6 Å². The number of benzene rings is 3. The van der Waals surface area contributed by atoms with Crippen molar-refractivity contribution < 1.29 is 30.0 Å². The van der Waals surface area contributed by atoms with Crippen LogP contribution in [0.4, 0.5) is 0 Å². The second kappa shape index (κ2) is 12.7. The van der Waals surface area contributed by atoms with E-state index in [1.807, 2.05) is 24.3 Å². The molecule has 1 radical (unpaired) electrons. The van der Waals surface area contributed by atoms with Gasteiger partial charge in [-0.1, -0.05) is 48.5 Å². The summed E-state index contributed by atoms with van der Waals surface area (Å²) in [6, 6.07) is 33.0. The summed E-state index contributed by atoms with van der Waals surface area (Å²) in [6.07, 6.45) is 1.17. The molecular formula is C32H28IrNO2S-. The summed E-state index contributed by atoms with van der Waals surface area (Å²) < 4.78 is 1.21. The first-order valence-corrected chi connectivity index (χ1v) is 12.6. The molecule has 5 heteroatoms. The van der Waals surface area contributed by atoms with Crippen molar-refractivity contribution in [1.29, 1.82) is 0 Å². The summed E-state index contributed by atoms with van der Waals surface area (Å²) in [5.41, 5.74) is 9.50. The summed E-state index contributed by atoms with van der Waals surface area (Å²) >= 11 is 1.79. The van der Waals surface area contributed by atoms with Crippen LogP contribution in [0.25, 0.3) is 43.0 Å². The zero-order valence-electron chi connectivity index (χ0n) is 21.2. The fraction of sp³-hybridized carbons (Fsp3) is 0.125. The molecule has 0 bridgehead atoms. The van der Waals surface area contributed by atoms with Crippen LogP contribution in [0.5, 0.6) is 0 Å². The molecule has 2 heterocycles. The Bertz CT molecular complexity index is 1510. The van der Waals surface area contributed by atoms with Crippen molar-refractivity contribution in [2.45, 2.75) is 27.7 Å². The molecule has 0 aliphatic rings. The van der Waals surface area contributed by atoms with Gasteiger partial charge in [0.25, 0.3) is 0 Å². The SMILES string of the molecule is CC(=O)/C=C(/C)O.Cc1cccc(C)c1-c1ccc(-c2cc3nc(-c4[c-]cccc4)ccc3s2)cc1.[Ir]. The molecule has 0 saturated heterocycles. The number of ketones is 1. The third kappa shape index (κ3) is 7.11. The van der Waals surface area contributed by atoms with Crippen molar-refractivity contribution >= 4 is 27.3 Å². The number of carbonyl (C=O) groups is 1. The number of aryl methyl sites for hydroxylation is 2. The van der Waals surface area contributed by atoms with Gasteiger partial charge >= 0.3 is 0 Å². The quantitative estimate of drug-likeness (QED) is 0.117. The molecule has 0 atom stereocenters. The first-order valence-electron chi connectivity index (χ1n) is 11.7. The standard InChI is InChI=1S/C27H20NS.C5H8O2.Ir/c1-18-7-6-8-19(2)27(18)22-13-11-21(12-14-22)26-17-24-25(29-26)16-15-23(28-24)20-9-4-3-5-10-20;1-4(6)3-5(2)7;/h3-9,11-17H,1-2H3;3,6H,1-2H3;/q-1;;/b;4-3-;. The first kappa shape index (κ1) is 28.2. The Hall–Kier alpha value is -3.37. The molecular weight excluding hydrogens is 655 g/mol. The van der Waals surface area contributed by atoms with E-state index in [1.54, 1.807) is 11.3 Å². The van der Waals surface area contributed by atoms with E-state index in [4.69, 9.17) is 10.1 Å². The molecule has 5 rings (SSSR count). The minimum Gasteiger partial charge on any atom is -0.512 e. The van der Waals surface area contributed by atoms with E-state index in [1.165, 1.54) is 57.3 Å². The minimum atomic E-state index is -0.125. The summed E-state index contributed by atoms with van der Waals surface area (Å²) in [5.74, 6) is -0.0625. The number of rotatable bonds is 4. The van der Waals surface area contributed by atoms with E-state index >= 15 is 0 Å². The monoisotopic (exact) mass is 683 g/mol. The van der Waals surface area contributed by atoms with Crippen LogP contribution in [0, 0.1) is 19.9 Å². The number of carbonyl (C=O) groups excluding carboxylic acids is 1. The maximum atomic E-state index is 10.0. The second-order valence-corrected chi connectivity index (χ2v) is 9.79. The van der Waals surface area contributed by atoms with Crippen molar-refractivity contribution in [3.8, 4) is 32.8 Å². The Balaban J connectivity index is 0.000000422. The van der Waals surface area contributed by atoms with E-state index in [0.29, 0.717) is 0 Å². The molecule has 1 N–H and O–H groups in total. The molecule has 2 aromatic heterocycles. The minimum absolute atomic E-state index is 0. The van der Waals surface area contributed by atoms with Gasteiger partial charge in [-0.3, -0.25) is 9.78 Å². The zero-order valence-corrected chi connectivity index (χ0v) is 24.4. The molecule has 3 nitrogen and oxygen atoms in total. The fourth-order valence-corrected chi connectivity index (χ4v) is 5.14. The Morgan fingerprint density at radius 1 is 0.892 bits per heavy atom. The number of aliphatic hydroxyl groups is 1. The first-order chi connectivity index (χ1) is 17.3. The van der Waals surface area contributed by atoms with Gasteiger partial charge in [0, 0.05) is 31.1 Å². The van der Waals surface area contributed by atoms with Gasteiger partial charge in [-0.2, -0.15) is 0 Å². The van der Waals surface area contributed by atoms with Crippen LogP contribution in [0.3, 0.4) is 0 Å². The van der Waals surface area contributed by atoms with Crippen molar-refractivity contribution in [3.63, 3.8) is 0 Å². The molecule has 0 aliphatic heterocycles. The molecule has 0 saturated carbocycles. The van der Waals surface area contributed by atoms with Crippen LogP contribution < -0.4 is 0 Å². The average Bonchev–Trinajstić information content (AvgIpc) is 3.28. The normalized spacial score (nSPS) is 10.9. The third-order valence-electron chi connectivity index (χ3n) is 5.71. The average molecular weight is 683 g/mol. The van der Waals surface area contributed by atoms with Gasteiger partial charge in [0.15, 0.2) is 5.78 Å². The number of thiophene rings is 1. The molecule has 0 spiro atoms. The summed E-state index contributed by atoms with van der Waals surface area (Å²) in [4.78, 5) is 16.1. The largest absolute Gasteiger partial charge is 0.512 e. The van der Waals surface area contributed by atoms with E-state index in [0.717, 1.165) is 16.8 Å². The third-order valence-corrected chi connectivity index (χ3v) is 6.85. The predicted octanol–water partition coefficient (Wildman–Crippen LogP) is 8.75. The van der Waals surface area contributed by atoms with E-state index < -0.39 is 0 Å². The van der Waals surface area contributed by atoms with Gasteiger partial charge in [-0.05, 0) is 73.3 Å². The number of aliphatic hydroxyl groups excluding tert-OH is 1. The van der Waals surface area contributed by atoms with Crippen molar-refractivity contribution in [1.82, 2.24) is 4.98 Å². The topological polar surface area (TPSA) is 50.2 Å². The maximum Gasteiger partial charge on any atom is 0.155 e. The number of fused-ring (bicyclic) bond motifs is 1. The molecule has 0 unspecified atom stereocenters. The second-order valence-electron chi connectivity index (χ2n) is 8.71. The summed E-state index contributed by atoms with van der Waals surface area (Å²) in [5, 5.41) is 8.36. The van der Waals surface area contributed by atoms with Gasteiger partial charge in [0.1, 0.15) is 0 Å². The van der Waals surface area contributed by atoms with Gasteiger partial charge in [0.2, 0.25) is 0 Å². The summed E-state index contributed by atoms with van der Waals surface area (Å²) in [7, 11) is 0. The number of hydrogen-bond acceptors (Lipinski definition) is 4. The van der Waals surface area contributed by atoms with Crippen LogP contribution in [0.15, 0.2) is 96.8 Å². The molecule has 0 aliphatic carbocycles. The number of hydrogen-bond donors (Lipinski definition) is 1. The smallest absolute Gasteiger partial charge is 0.155 e. The van der Waals surface area contributed by atoms with Crippen LogP contribution in [-0.4, -0.2) is 15.9 Å². The van der Waals surface area contributed by atoms with Crippen LogP contribution in [-0.2, 0) is 24.9 Å².